The fourth-order valence-corrected chi connectivity index (χ4v) is 5.35. The fourth-order valence-electron chi connectivity index (χ4n) is 5.35. The summed E-state index contributed by atoms with van der Waals surface area (Å²) in [5.74, 6) is -1.59. The molecular weight excluding hydrogens is 362 g/mol. The molecule has 1 saturated heterocycles. The Morgan fingerprint density at radius 1 is 0.897 bits per heavy atom. The molecule has 0 aromatic heterocycles. The standard InChI is InChI=1S/C25H21NO3/c1-26-15-20(22(27)17-11-5-6-12-17)21(16-9-3-2-4-10-16)25(26)23(28)18-13-7-8-14-19(18)24(25)29/h2-14,17,20-21H,15H2,1H3/t20-,21+/m1/s1. The van der Waals surface area contributed by atoms with Gasteiger partial charge in [-0.3, -0.25) is 19.3 Å². The highest BCUT2D eigenvalue weighted by atomic mass is 16.2. The summed E-state index contributed by atoms with van der Waals surface area (Å²) < 4.78 is 0. The number of nitrogens with zero attached hydrogens (tertiary/aromatic N) is 1. The molecule has 0 amide bonds. The van der Waals surface area contributed by atoms with Crippen LogP contribution in [0.2, 0.25) is 0 Å². The minimum absolute atomic E-state index is 0.0594. The van der Waals surface area contributed by atoms with Crippen LogP contribution in [0.4, 0.5) is 0 Å². The third-order valence-corrected chi connectivity index (χ3v) is 6.63. The molecule has 144 valence electrons. The van der Waals surface area contributed by atoms with Crippen molar-refractivity contribution < 1.29 is 14.4 Å². The van der Waals surface area contributed by atoms with Crippen LogP contribution in [0.1, 0.15) is 32.2 Å². The van der Waals surface area contributed by atoms with E-state index in [0.717, 1.165) is 5.56 Å². The first-order valence-corrected chi connectivity index (χ1v) is 9.90. The van der Waals surface area contributed by atoms with E-state index in [0.29, 0.717) is 17.7 Å². The first-order chi connectivity index (χ1) is 14.1. The zero-order valence-electron chi connectivity index (χ0n) is 16.1. The van der Waals surface area contributed by atoms with Crippen molar-refractivity contribution in [2.75, 3.05) is 13.6 Å². The zero-order chi connectivity index (χ0) is 20.2. The van der Waals surface area contributed by atoms with Gasteiger partial charge in [-0.2, -0.15) is 0 Å². The van der Waals surface area contributed by atoms with Crippen molar-refractivity contribution in [2.45, 2.75) is 11.5 Å². The highest BCUT2D eigenvalue weighted by Gasteiger charge is 2.67. The maximum atomic E-state index is 13.7. The molecule has 0 unspecified atom stereocenters. The lowest BCUT2D eigenvalue weighted by molar-refractivity contribution is -0.124. The van der Waals surface area contributed by atoms with E-state index in [9.17, 15) is 14.4 Å². The number of carbonyl (C=O) groups is 3. The number of ketones is 3. The van der Waals surface area contributed by atoms with Crippen LogP contribution in [0.3, 0.4) is 0 Å². The van der Waals surface area contributed by atoms with E-state index < -0.39 is 17.4 Å². The number of allylic oxidation sites excluding steroid dienone is 4. The molecule has 2 atom stereocenters. The van der Waals surface area contributed by atoms with Crippen molar-refractivity contribution >= 4 is 17.3 Å². The van der Waals surface area contributed by atoms with E-state index in [-0.39, 0.29) is 23.3 Å². The molecule has 1 heterocycles. The van der Waals surface area contributed by atoms with Crippen LogP contribution in [0.25, 0.3) is 0 Å². The van der Waals surface area contributed by atoms with Crippen LogP contribution >= 0.6 is 0 Å². The average molecular weight is 383 g/mol. The van der Waals surface area contributed by atoms with Gasteiger partial charge in [-0.1, -0.05) is 78.9 Å². The van der Waals surface area contributed by atoms with E-state index in [1.807, 2.05) is 59.5 Å². The predicted octanol–water partition coefficient (Wildman–Crippen LogP) is 3.46. The van der Waals surface area contributed by atoms with Crippen molar-refractivity contribution in [3.63, 3.8) is 0 Å². The van der Waals surface area contributed by atoms with Gasteiger partial charge in [0, 0.05) is 29.5 Å². The second-order valence-corrected chi connectivity index (χ2v) is 8.04. The maximum absolute atomic E-state index is 13.7. The Kier molecular flexibility index (Phi) is 4.00. The van der Waals surface area contributed by atoms with Gasteiger partial charge in [-0.15, -0.1) is 0 Å². The summed E-state index contributed by atoms with van der Waals surface area (Å²) in [4.78, 5) is 42.7. The number of hydrogen-bond donors (Lipinski definition) is 0. The first kappa shape index (κ1) is 18.0. The molecule has 2 aromatic carbocycles. The number of benzene rings is 2. The monoisotopic (exact) mass is 383 g/mol. The number of likely N-dealkylation sites (N-methyl/N-ethyl adjacent to an activating group) is 1. The summed E-state index contributed by atoms with van der Waals surface area (Å²) in [5, 5.41) is 0. The van der Waals surface area contributed by atoms with E-state index >= 15 is 0 Å². The van der Waals surface area contributed by atoms with E-state index in [1.54, 1.807) is 31.3 Å². The molecule has 0 N–H and O–H groups in total. The molecule has 0 bridgehead atoms. The molecule has 29 heavy (non-hydrogen) atoms. The molecule has 4 nitrogen and oxygen atoms in total. The lowest BCUT2D eigenvalue weighted by Gasteiger charge is -2.35. The third kappa shape index (κ3) is 2.33. The van der Waals surface area contributed by atoms with Crippen LogP contribution in [-0.2, 0) is 4.79 Å². The van der Waals surface area contributed by atoms with Crippen LogP contribution < -0.4 is 0 Å². The highest BCUT2D eigenvalue weighted by Crippen LogP contribution is 2.52. The fraction of sp³-hybridized carbons (Fsp3) is 0.240. The normalized spacial score (nSPS) is 25.3. The quantitative estimate of drug-likeness (QED) is 0.762. The second-order valence-electron chi connectivity index (χ2n) is 8.04. The molecule has 4 heteroatoms. The Morgan fingerprint density at radius 2 is 1.45 bits per heavy atom. The van der Waals surface area contributed by atoms with Crippen LogP contribution in [0.5, 0.6) is 0 Å². The molecule has 0 saturated carbocycles. The number of fused-ring (bicyclic) bond motifs is 1. The van der Waals surface area contributed by atoms with Gasteiger partial charge in [0.1, 0.15) is 5.78 Å². The minimum atomic E-state index is -1.36. The van der Waals surface area contributed by atoms with Crippen LogP contribution in [0, 0.1) is 11.8 Å². The Hall–Kier alpha value is -3.11. The van der Waals surface area contributed by atoms with E-state index in [2.05, 4.69) is 0 Å². The van der Waals surface area contributed by atoms with Gasteiger partial charge in [-0.25, -0.2) is 0 Å². The Bertz CT molecular complexity index is 1040. The molecule has 2 aromatic rings. The lowest BCUT2D eigenvalue weighted by Crippen LogP contribution is -2.54. The van der Waals surface area contributed by atoms with Gasteiger partial charge in [0.25, 0.3) is 0 Å². The number of rotatable bonds is 3. The molecule has 3 aliphatic rings. The summed E-state index contributed by atoms with van der Waals surface area (Å²) in [6.45, 7) is 0.377. The van der Waals surface area contributed by atoms with Gasteiger partial charge in [0.2, 0.25) is 0 Å². The second kappa shape index (κ2) is 6.46. The van der Waals surface area contributed by atoms with Crippen molar-refractivity contribution in [1.82, 2.24) is 4.90 Å². The minimum Gasteiger partial charge on any atom is -0.298 e. The van der Waals surface area contributed by atoms with Crippen molar-refractivity contribution in [3.05, 3.63) is 95.6 Å². The number of hydrogen-bond acceptors (Lipinski definition) is 4. The number of likely N-dealkylation sites (tertiary alicyclic amines) is 1. The Labute approximate surface area is 169 Å². The molecule has 1 spiro atoms. The number of carbonyl (C=O) groups excluding carboxylic acids is 3. The third-order valence-electron chi connectivity index (χ3n) is 6.63. The average Bonchev–Trinajstić information content (AvgIpc) is 3.44. The van der Waals surface area contributed by atoms with Crippen molar-refractivity contribution in [3.8, 4) is 0 Å². The molecule has 0 radical (unpaired) electrons. The topological polar surface area (TPSA) is 54.5 Å². The maximum Gasteiger partial charge on any atom is 0.192 e. The zero-order valence-corrected chi connectivity index (χ0v) is 16.1. The summed E-state index contributed by atoms with van der Waals surface area (Å²) >= 11 is 0. The van der Waals surface area contributed by atoms with Gasteiger partial charge in [0.05, 0.1) is 5.92 Å². The smallest absolute Gasteiger partial charge is 0.192 e. The SMILES string of the molecule is CN1C[C@@H](C(=O)C2C=CC=C2)[C@H](c2ccccc2)C12C(=O)c1ccccc1C2=O. The van der Waals surface area contributed by atoms with Gasteiger partial charge in [-0.05, 0) is 12.6 Å². The van der Waals surface area contributed by atoms with Crippen LogP contribution in [0.15, 0.2) is 78.9 Å². The van der Waals surface area contributed by atoms with E-state index in [1.165, 1.54) is 0 Å². The lowest BCUT2D eigenvalue weighted by atomic mass is 9.70. The number of Topliss-reactive ketones (excluding diaryl/α,β-unsaturated/α-hetero) is 3. The molecule has 5 rings (SSSR count). The summed E-state index contributed by atoms with van der Waals surface area (Å²) in [6, 6.07) is 16.6. The summed E-state index contributed by atoms with van der Waals surface area (Å²) in [6.07, 6.45) is 7.50. The summed E-state index contributed by atoms with van der Waals surface area (Å²) in [5.41, 5.74) is 0.408. The molecular formula is C25H21NO3. The predicted molar refractivity (Wildman–Crippen MR) is 110 cm³/mol. The van der Waals surface area contributed by atoms with Crippen molar-refractivity contribution in [1.29, 1.82) is 0 Å². The highest BCUT2D eigenvalue weighted by molar-refractivity contribution is 6.34. The Balaban J connectivity index is 1.70. The summed E-state index contributed by atoms with van der Waals surface area (Å²) in [7, 11) is 1.80. The molecule has 1 aliphatic heterocycles. The molecule has 1 fully saturated rings. The van der Waals surface area contributed by atoms with Crippen LogP contribution in [-0.4, -0.2) is 41.4 Å². The van der Waals surface area contributed by atoms with Gasteiger partial charge >= 0.3 is 0 Å². The molecule has 2 aliphatic carbocycles. The van der Waals surface area contributed by atoms with Gasteiger partial charge < -0.3 is 0 Å². The van der Waals surface area contributed by atoms with Crippen molar-refractivity contribution in [2.24, 2.45) is 11.8 Å². The largest absolute Gasteiger partial charge is 0.298 e. The first-order valence-electron chi connectivity index (χ1n) is 9.90. The van der Waals surface area contributed by atoms with Gasteiger partial charge in [0.15, 0.2) is 17.1 Å². The van der Waals surface area contributed by atoms with E-state index in [4.69, 9.17) is 0 Å². The Morgan fingerprint density at radius 3 is 2.03 bits per heavy atom.